The molecule has 0 saturated heterocycles. The predicted molar refractivity (Wildman–Crippen MR) is 82.8 cm³/mol. The van der Waals surface area contributed by atoms with Crippen LogP contribution in [0.15, 0.2) is 46.9 Å². The molecule has 0 saturated carbocycles. The molecule has 0 atom stereocenters. The number of carbonyl (C=O) groups excluding carboxylic acids is 1. The van der Waals surface area contributed by atoms with Crippen LogP contribution in [-0.4, -0.2) is 20.2 Å². The van der Waals surface area contributed by atoms with E-state index < -0.39 is 5.97 Å². The van der Waals surface area contributed by atoms with Gasteiger partial charge in [0.15, 0.2) is 0 Å². The zero-order valence-electron chi connectivity index (χ0n) is 11.8. The van der Waals surface area contributed by atoms with Crippen molar-refractivity contribution in [2.24, 2.45) is 0 Å². The standard InChI is InChI=1S/C16H15BrO4/c1-19-13-7-8-14(15(9-13)20-2)16(18)21-10-11-3-5-12(17)6-4-11/h3-9H,10H2,1-2H3. The van der Waals surface area contributed by atoms with E-state index in [4.69, 9.17) is 14.2 Å². The fourth-order valence-corrected chi connectivity index (χ4v) is 2.04. The summed E-state index contributed by atoms with van der Waals surface area (Å²) in [7, 11) is 3.06. The van der Waals surface area contributed by atoms with Crippen LogP contribution in [-0.2, 0) is 11.3 Å². The van der Waals surface area contributed by atoms with E-state index in [0.717, 1.165) is 10.0 Å². The first-order chi connectivity index (χ1) is 10.1. The minimum atomic E-state index is -0.433. The summed E-state index contributed by atoms with van der Waals surface area (Å²) in [4.78, 5) is 12.1. The van der Waals surface area contributed by atoms with E-state index in [0.29, 0.717) is 17.1 Å². The van der Waals surface area contributed by atoms with Crippen molar-refractivity contribution in [3.63, 3.8) is 0 Å². The van der Waals surface area contributed by atoms with Crippen LogP contribution in [0.3, 0.4) is 0 Å². The molecule has 5 heteroatoms. The minimum Gasteiger partial charge on any atom is -0.497 e. The van der Waals surface area contributed by atoms with E-state index in [9.17, 15) is 4.79 Å². The van der Waals surface area contributed by atoms with Gasteiger partial charge in [-0.3, -0.25) is 0 Å². The lowest BCUT2D eigenvalue weighted by atomic mass is 10.2. The predicted octanol–water partition coefficient (Wildman–Crippen LogP) is 3.82. The van der Waals surface area contributed by atoms with Crippen molar-refractivity contribution in [1.29, 1.82) is 0 Å². The second-order valence-corrected chi connectivity index (χ2v) is 5.18. The van der Waals surface area contributed by atoms with E-state index in [2.05, 4.69) is 15.9 Å². The average molecular weight is 351 g/mol. The third-order valence-electron chi connectivity index (χ3n) is 2.91. The molecule has 0 fully saturated rings. The number of carbonyl (C=O) groups is 1. The zero-order valence-corrected chi connectivity index (χ0v) is 13.3. The largest absolute Gasteiger partial charge is 0.497 e. The summed E-state index contributed by atoms with van der Waals surface area (Å²) in [5, 5.41) is 0. The number of methoxy groups -OCH3 is 2. The molecule has 0 bridgehead atoms. The molecule has 0 aromatic heterocycles. The van der Waals surface area contributed by atoms with Crippen LogP contribution in [0.1, 0.15) is 15.9 Å². The van der Waals surface area contributed by atoms with Gasteiger partial charge in [-0.25, -0.2) is 4.79 Å². The maximum atomic E-state index is 12.1. The summed E-state index contributed by atoms with van der Waals surface area (Å²) in [5.41, 5.74) is 1.29. The molecule has 0 unspecified atom stereocenters. The highest BCUT2D eigenvalue weighted by Crippen LogP contribution is 2.25. The number of benzene rings is 2. The molecule has 2 aromatic carbocycles. The Kier molecular flexibility index (Phi) is 5.22. The number of halogens is 1. The Morgan fingerprint density at radius 1 is 1.05 bits per heavy atom. The molecule has 0 heterocycles. The van der Waals surface area contributed by atoms with Crippen LogP contribution in [0.4, 0.5) is 0 Å². The minimum absolute atomic E-state index is 0.210. The Bertz CT molecular complexity index is 623. The van der Waals surface area contributed by atoms with Crippen LogP contribution >= 0.6 is 15.9 Å². The van der Waals surface area contributed by atoms with Crippen LogP contribution in [0.25, 0.3) is 0 Å². The SMILES string of the molecule is COc1ccc(C(=O)OCc2ccc(Br)cc2)c(OC)c1. The van der Waals surface area contributed by atoms with Gasteiger partial charge in [0.25, 0.3) is 0 Å². The molecular formula is C16H15BrO4. The third-order valence-corrected chi connectivity index (χ3v) is 3.44. The van der Waals surface area contributed by atoms with Crippen LogP contribution in [0.2, 0.25) is 0 Å². The van der Waals surface area contributed by atoms with Crippen molar-refractivity contribution in [2.75, 3.05) is 14.2 Å². The number of hydrogen-bond acceptors (Lipinski definition) is 4. The molecule has 0 aliphatic carbocycles. The van der Waals surface area contributed by atoms with Crippen LogP contribution in [0.5, 0.6) is 11.5 Å². The summed E-state index contributed by atoms with van der Waals surface area (Å²) >= 11 is 3.36. The Balaban J connectivity index is 2.07. The Morgan fingerprint density at radius 2 is 1.76 bits per heavy atom. The van der Waals surface area contributed by atoms with Crippen molar-refractivity contribution in [1.82, 2.24) is 0 Å². The van der Waals surface area contributed by atoms with E-state index in [1.54, 1.807) is 25.3 Å². The van der Waals surface area contributed by atoms with Gasteiger partial charge in [0.1, 0.15) is 23.7 Å². The maximum Gasteiger partial charge on any atom is 0.342 e. The van der Waals surface area contributed by atoms with Gasteiger partial charge < -0.3 is 14.2 Å². The number of hydrogen-bond donors (Lipinski definition) is 0. The number of rotatable bonds is 5. The average Bonchev–Trinajstić information content (AvgIpc) is 2.53. The van der Waals surface area contributed by atoms with Gasteiger partial charge in [-0.15, -0.1) is 0 Å². The lowest BCUT2D eigenvalue weighted by Crippen LogP contribution is -2.07. The van der Waals surface area contributed by atoms with E-state index in [1.165, 1.54) is 7.11 Å². The van der Waals surface area contributed by atoms with Crippen LogP contribution < -0.4 is 9.47 Å². The second kappa shape index (κ2) is 7.13. The van der Waals surface area contributed by atoms with Crippen molar-refractivity contribution in [3.8, 4) is 11.5 Å². The molecule has 21 heavy (non-hydrogen) atoms. The molecule has 0 N–H and O–H groups in total. The molecule has 110 valence electrons. The first kappa shape index (κ1) is 15.4. The summed E-state index contributed by atoms with van der Waals surface area (Å²) in [6.07, 6.45) is 0. The van der Waals surface area contributed by atoms with E-state index >= 15 is 0 Å². The molecule has 2 rings (SSSR count). The molecule has 0 aliphatic rings. The zero-order chi connectivity index (χ0) is 15.2. The second-order valence-electron chi connectivity index (χ2n) is 4.27. The van der Waals surface area contributed by atoms with Crippen molar-refractivity contribution < 1.29 is 19.0 Å². The topological polar surface area (TPSA) is 44.8 Å². The third kappa shape index (κ3) is 3.98. The quantitative estimate of drug-likeness (QED) is 0.769. The highest BCUT2D eigenvalue weighted by atomic mass is 79.9. The monoisotopic (exact) mass is 350 g/mol. The van der Waals surface area contributed by atoms with Crippen molar-refractivity contribution in [2.45, 2.75) is 6.61 Å². The molecule has 4 nitrogen and oxygen atoms in total. The molecule has 0 spiro atoms. The summed E-state index contributed by atoms with van der Waals surface area (Å²) in [5.74, 6) is 0.615. The molecule has 0 aliphatic heterocycles. The lowest BCUT2D eigenvalue weighted by molar-refractivity contribution is 0.0469. The van der Waals surface area contributed by atoms with Gasteiger partial charge >= 0.3 is 5.97 Å². The molecule has 0 radical (unpaired) electrons. The summed E-state index contributed by atoms with van der Waals surface area (Å²) in [6.45, 7) is 0.210. The highest BCUT2D eigenvalue weighted by molar-refractivity contribution is 9.10. The van der Waals surface area contributed by atoms with Gasteiger partial charge in [0, 0.05) is 10.5 Å². The maximum absolute atomic E-state index is 12.1. The van der Waals surface area contributed by atoms with E-state index in [-0.39, 0.29) is 6.61 Å². The van der Waals surface area contributed by atoms with Gasteiger partial charge in [-0.05, 0) is 29.8 Å². The smallest absolute Gasteiger partial charge is 0.342 e. The highest BCUT2D eigenvalue weighted by Gasteiger charge is 2.14. The van der Waals surface area contributed by atoms with E-state index in [1.807, 2.05) is 24.3 Å². The van der Waals surface area contributed by atoms with Gasteiger partial charge in [-0.1, -0.05) is 28.1 Å². The van der Waals surface area contributed by atoms with Crippen LogP contribution in [0, 0.1) is 0 Å². The lowest BCUT2D eigenvalue weighted by Gasteiger charge is -2.10. The van der Waals surface area contributed by atoms with Gasteiger partial charge in [-0.2, -0.15) is 0 Å². The Labute approximate surface area is 131 Å². The molecule has 2 aromatic rings. The van der Waals surface area contributed by atoms with Gasteiger partial charge in [0.2, 0.25) is 0 Å². The Hall–Kier alpha value is -2.01. The van der Waals surface area contributed by atoms with Crippen molar-refractivity contribution >= 4 is 21.9 Å². The van der Waals surface area contributed by atoms with Crippen molar-refractivity contribution in [3.05, 3.63) is 58.1 Å². The fourth-order valence-electron chi connectivity index (χ4n) is 1.77. The van der Waals surface area contributed by atoms with Gasteiger partial charge in [0.05, 0.1) is 14.2 Å². The summed E-state index contributed by atoms with van der Waals surface area (Å²) < 4.78 is 16.6. The number of ether oxygens (including phenoxy) is 3. The Morgan fingerprint density at radius 3 is 2.38 bits per heavy atom. The molecule has 0 amide bonds. The fraction of sp³-hybridized carbons (Fsp3) is 0.188. The molecular weight excluding hydrogens is 336 g/mol. The summed E-state index contributed by atoms with van der Waals surface area (Å²) in [6, 6.07) is 12.6. The first-order valence-corrected chi connectivity index (χ1v) is 7.07. The number of esters is 1. The first-order valence-electron chi connectivity index (χ1n) is 6.27. The normalized spacial score (nSPS) is 10.0.